The lowest BCUT2D eigenvalue weighted by Crippen LogP contribution is -2.41. The molecule has 3 N–H and O–H groups in total. The number of carboxylic acids is 1. The zero-order valence-corrected chi connectivity index (χ0v) is 17.6. The minimum Gasteiger partial charge on any atom is -0.481 e. The minimum absolute atomic E-state index is 0.129. The Labute approximate surface area is 180 Å². The Morgan fingerprint density at radius 2 is 1.77 bits per heavy atom. The monoisotopic (exact) mass is 430 g/mol. The van der Waals surface area contributed by atoms with Crippen LogP contribution in [0.5, 0.6) is 11.5 Å². The maximum atomic E-state index is 12.8. The normalized spacial score (nSPS) is 14.0. The number of amides is 2. The van der Waals surface area contributed by atoms with Crippen LogP contribution in [0.4, 0.5) is 4.79 Å². The Balaban J connectivity index is 1.71. The van der Waals surface area contributed by atoms with Gasteiger partial charge in [0.05, 0.1) is 18.5 Å². The Bertz CT molecular complexity index is 862. The molecule has 0 aromatic heterocycles. The Morgan fingerprint density at radius 1 is 1.03 bits per heavy atom. The standard InChI is InChI=1S/C22H26N2O5S/c1-2-10-30-13-18(15-6-4-3-5-7-15)24-22(27)23-17(12-21(25)26)16-8-9-19-20(11-16)29-14-28-19/h3-9,11,17-18H,2,10,12-14H2,1H3,(H,25,26)(H2,23,24,27)/t17-,18-/m0/s1. The van der Waals surface area contributed by atoms with Crippen LogP contribution in [0.15, 0.2) is 48.5 Å². The van der Waals surface area contributed by atoms with Crippen molar-refractivity contribution in [2.75, 3.05) is 18.3 Å². The molecular weight excluding hydrogens is 404 g/mol. The summed E-state index contributed by atoms with van der Waals surface area (Å²) in [6.45, 7) is 2.25. The molecule has 0 saturated heterocycles. The van der Waals surface area contributed by atoms with Gasteiger partial charge in [0.1, 0.15) is 0 Å². The lowest BCUT2D eigenvalue weighted by Gasteiger charge is -2.23. The van der Waals surface area contributed by atoms with E-state index in [9.17, 15) is 14.7 Å². The summed E-state index contributed by atoms with van der Waals surface area (Å²) in [5.41, 5.74) is 1.66. The molecule has 1 heterocycles. The number of thioether (sulfide) groups is 1. The van der Waals surface area contributed by atoms with Gasteiger partial charge in [-0.1, -0.05) is 43.3 Å². The first kappa shape index (κ1) is 21.8. The molecular formula is C22H26N2O5S. The summed E-state index contributed by atoms with van der Waals surface area (Å²) in [6.07, 6.45) is 0.816. The van der Waals surface area contributed by atoms with Crippen LogP contribution in [-0.2, 0) is 4.79 Å². The van der Waals surface area contributed by atoms with E-state index in [0.717, 1.165) is 23.5 Å². The van der Waals surface area contributed by atoms with Gasteiger partial charge in [0.15, 0.2) is 11.5 Å². The molecule has 2 aromatic carbocycles. The highest BCUT2D eigenvalue weighted by Gasteiger charge is 2.23. The van der Waals surface area contributed by atoms with Crippen LogP contribution in [0.25, 0.3) is 0 Å². The first-order chi connectivity index (χ1) is 14.6. The molecule has 8 heteroatoms. The lowest BCUT2D eigenvalue weighted by atomic mass is 10.0. The molecule has 3 rings (SSSR count). The van der Waals surface area contributed by atoms with Crippen LogP contribution in [-0.4, -0.2) is 35.4 Å². The highest BCUT2D eigenvalue weighted by Crippen LogP contribution is 2.34. The maximum absolute atomic E-state index is 12.8. The number of rotatable bonds is 10. The molecule has 1 aliphatic heterocycles. The molecule has 2 atom stereocenters. The van der Waals surface area contributed by atoms with Crippen LogP contribution in [0.2, 0.25) is 0 Å². The van der Waals surface area contributed by atoms with Gasteiger partial charge in [0.25, 0.3) is 0 Å². The molecule has 0 unspecified atom stereocenters. The third-order valence-corrected chi connectivity index (χ3v) is 5.89. The Hall–Kier alpha value is -2.87. The van der Waals surface area contributed by atoms with Gasteiger partial charge in [-0.2, -0.15) is 11.8 Å². The van der Waals surface area contributed by atoms with Crippen molar-refractivity contribution in [1.29, 1.82) is 0 Å². The number of carbonyl (C=O) groups excluding carboxylic acids is 1. The number of carboxylic acid groups (broad SMARTS) is 1. The first-order valence-electron chi connectivity index (χ1n) is 9.88. The van der Waals surface area contributed by atoms with E-state index < -0.39 is 18.0 Å². The fourth-order valence-electron chi connectivity index (χ4n) is 3.17. The van der Waals surface area contributed by atoms with Gasteiger partial charge in [-0.3, -0.25) is 4.79 Å². The highest BCUT2D eigenvalue weighted by molar-refractivity contribution is 7.99. The van der Waals surface area contributed by atoms with Crippen molar-refractivity contribution in [3.63, 3.8) is 0 Å². The molecule has 0 aliphatic carbocycles. The van der Waals surface area contributed by atoms with Gasteiger partial charge in [-0.15, -0.1) is 0 Å². The van der Waals surface area contributed by atoms with E-state index in [0.29, 0.717) is 17.1 Å². The topological polar surface area (TPSA) is 96.9 Å². The predicted molar refractivity (Wildman–Crippen MR) is 116 cm³/mol. The summed E-state index contributed by atoms with van der Waals surface area (Å²) in [5.74, 6) is 1.89. The number of aliphatic carboxylic acids is 1. The molecule has 0 fully saturated rings. The minimum atomic E-state index is -1.00. The average molecular weight is 431 g/mol. The number of hydrogen-bond acceptors (Lipinski definition) is 5. The second kappa shape index (κ2) is 10.8. The molecule has 30 heavy (non-hydrogen) atoms. The third kappa shape index (κ3) is 6.06. The molecule has 1 aliphatic rings. The van der Waals surface area contributed by atoms with Gasteiger partial charge in [0.2, 0.25) is 6.79 Å². The lowest BCUT2D eigenvalue weighted by molar-refractivity contribution is -0.137. The zero-order chi connectivity index (χ0) is 21.3. The zero-order valence-electron chi connectivity index (χ0n) is 16.8. The van der Waals surface area contributed by atoms with Gasteiger partial charge < -0.3 is 25.2 Å². The molecule has 160 valence electrons. The van der Waals surface area contributed by atoms with Gasteiger partial charge in [-0.25, -0.2) is 4.79 Å². The molecule has 0 radical (unpaired) electrons. The van der Waals surface area contributed by atoms with Crippen LogP contribution in [0.3, 0.4) is 0 Å². The Kier molecular flexibility index (Phi) is 7.84. The van der Waals surface area contributed by atoms with Gasteiger partial charge >= 0.3 is 12.0 Å². The molecule has 0 bridgehead atoms. The SMILES string of the molecule is CCCSC[C@H](NC(=O)N[C@@H](CC(=O)O)c1ccc2c(c1)OCO2)c1ccccc1. The van der Waals surface area contributed by atoms with Crippen molar-refractivity contribution < 1.29 is 24.2 Å². The fourth-order valence-corrected chi connectivity index (χ4v) is 4.13. The van der Waals surface area contributed by atoms with E-state index in [1.807, 2.05) is 30.3 Å². The molecule has 2 aromatic rings. The van der Waals surface area contributed by atoms with E-state index in [1.165, 1.54) is 0 Å². The second-order valence-corrected chi connectivity index (χ2v) is 8.07. The van der Waals surface area contributed by atoms with Crippen molar-refractivity contribution in [1.82, 2.24) is 10.6 Å². The first-order valence-corrected chi connectivity index (χ1v) is 11.0. The van der Waals surface area contributed by atoms with Crippen molar-refractivity contribution >= 4 is 23.8 Å². The van der Waals surface area contributed by atoms with Gasteiger partial charge in [0, 0.05) is 5.75 Å². The van der Waals surface area contributed by atoms with Crippen molar-refractivity contribution in [3.05, 3.63) is 59.7 Å². The van der Waals surface area contributed by atoms with E-state index >= 15 is 0 Å². The van der Waals surface area contributed by atoms with Crippen LogP contribution in [0.1, 0.15) is 43.0 Å². The van der Waals surface area contributed by atoms with E-state index in [2.05, 4.69) is 17.6 Å². The summed E-state index contributed by atoms with van der Waals surface area (Å²) < 4.78 is 10.7. The van der Waals surface area contributed by atoms with E-state index in [1.54, 1.807) is 30.0 Å². The quantitative estimate of drug-likeness (QED) is 0.491. The second-order valence-electron chi connectivity index (χ2n) is 6.92. The number of urea groups is 1. The maximum Gasteiger partial charge on any atom is 0.315 e. The summed E-state index contributed by atoms with van der Waals surface area (Å²) in [7, 11) is 0. The molecule has 2 amide bonds. The smallest absolute Gasteiger partial charge is 0.315 e. The number of ether oxygens (including phenoxy) is 2. The molecule has 0 spiro atoms. The highest BCUT2D eigenvalue weighted by atomic mass is 32.2. The third-order valence-electron chi connectivity index (χ3n) is 4.62. The van der Waals surface area contributed by atoms with Crippen LogP contribution in [0, 0.1) is 0 Å². The summed E-state index contributed by atoms with van der Waals surface area (Å²) in [6, 6.07) is 13.6. The molecule has 0 saturated carbocycles. The summed E-state index contributed by atoms with van der Waals surface area (Å²) >= 11 is 1.77. The predicted octanol–water partition coefficient (Wildman–Crippen LogP) is 4.11. The van der Waals surface area contributed by atoms with Crippen LogP contribution >= 0.6 is 11.8 Å². The number of benzene rings is 2. The number of fused-ring (bicyclic) bond motifs is 1. The molecule has 7 nitrogen and oxygen atoms in total. The summed E-state index contributed by atoms with van der Waals surface area (Å²) in [4.78, 5) is 24.2. The fraction of sp³-hybridized carbons (Fsp3) is 0.364. The average Bonchev–Trinajstić information content (AvgIpc) is 3.21. The summed E-state index contributed by atoms with van der Waals surface area (Å²) in [5, 5.41) is 15.1. The number of carbonyl (C=O) groups is 2. The van der Waals surface area contributed by atoms with Crippen molar-refractivity contribution in [2.45, 2.75) is 31.8 Å². The van der Waals surface area contributed by atoms with Gasteiger partial charge in [-0.05, 0) is 35.4 Å². The number of hydrogen-bond donors (Lipinski definition) is 3. The Morgan fingerprint density at radius 3 is 2.50 bits per heavy atom. The van der Waals surface area contributed by atoms with Crippen molar-refractivity contribution in [3.8, 4) is 11.5 Å². The van der Waals surface area contributed by atoms with Crippen LogP contribution < -0.4 is 20.1 Å². The largest absolute Gasteiger partial charge is 0.481 e. The number of nitrogens with one attached hydrogen (secondary N) is 2. The van der Waals surface area contributed by atoms with E-state index in [4.69, 9.17) is 9.47 Å². The van der Waals surface area contributed by atoms with Crippen molar-refractivity contribution in [2.24, 2.45) is 0 Å². The van der Waals surface area contributed by atoms with E-state index in [-0.39, 0.29) is 19.3 Å².